The average molecular weight is 1100 g/mol. The van der Waals surface area contributed by atoms with Gasteiger partial charge in [0.2, 0.25) is 36.9 Å². The summed E-state index contributed by atoms with van der Waals surface area (Å²) in [6.07, 6.45) is 6.02. The number of phosphoric acid groups is 1. The van der Waals surface area contributed by atoms with Crippen LogP contribution >= 0.6 is 7.82 Å². The van der Waals surface area contributed by atoms with Crippen molar-refractivity contribution in [2.24, 2.45) is 0 Å². The Kier molecular flexibility index (Phi) is 12.6. The van der Waals surface area contributed by atoms with Gasteiger partial charge in [-0.15, -0.1) is 0 Å². The van der Waals surface area contributed by atoms with Crippen LogP contribution < -0.4 is 70.5 Å². The molecule has 19 nitrogen and oxygen atoms in total. The number of aromatic hydroxyl groups is 3. The zero-order valence-electron chi connectivity index (χ0n) is 43.7. The van der Waals surface area contributed by atoms with Gasteiger partial charge in [-0.05, 0) is 105 Å². The highest BCUT2D eigenvalue weighted by atomic mass is 31.2. The second-order valence-electron chi connectivity index (χ2n) is 19.0. The van der Waals surface area contributed by atoms with Gasteiger partial charge in [0.15, 0.2) is 105 Å². The van der Waals surface area contributed by atoms with Gasteiger partial charge in [0.05, 0.1) is 53.6 Å². The number of rotatable bonds is 3. The first kappa shape index (κ1) is 51.2. The van der Waals surface area contributed by atoms with E-state index < -0.39 is 7.82 Å². The zero-order chi connectivity index (χ0) is 55.9. The van der Waals surface area contributed by atoms with Crippen molar-refractivity contribution < 1.29 is 90.4 Å². The third-order valence-corrected chi connectivity index (χ3v) is 14.7. The molecule has 0 bridgehead atoms. The van der Waals surface area contributed by atoms with Gasteiger partial charge in [-0.3, -0.25) is 0 Å². The highest BCUT2D eigenvalue weighted by Gasteiger charge is 2.26. The van der Waals surface area contributed by atoms with E-state index in [2.05, 4.69) is 31.4 Å². The molecule has 80 heavy (non-hydrogen) atoms. The molecule has 0 spiro atoms. The Morgan fingerprint density at radius 3 is 0.900 bits per heavy atom. The standard InChI is InChI=1S/3C20H15NO4.H3O4P/c3*1-11-19-13(3-4-16(23-2)20(19)22)7-15-14-9-18-17(24-10-25-18)8-12(14)5-6-21(11)15;1-5(2,3)4/h3*3-9H,10H2,1-2H3;(H3,1,2,3,4). The van der Waals surface area contributed by atoms with Crippen molar-refractivity contribution in [1.29, 1.82) is 0 Å². The largest absolute Gasteiger partial charge is 0.822 e. The number of ether oxygens (including phenoxy) is 9. The molecule has 0 saturated carbocycles. The number of phenols is 3. The fourth-order valence-electron chi connectivity index (χ4n) is 10.9. The number of aromatic nitrogens is 3. The molecule has 6 aromatic heterocycles. The third kappa shape index (κ3) is 8.78. The molecule has 3 aliphatic heterocycles. The molecule has 0 radical (unpaired) electrons. The van der Waals surface area contributed by atoms with Gasteiger partial charge in [0.25, 0.3) is 0 Å². The van der Waals surface area contributed by atoms with Crippen LogP contribution in [0, 0.1) is 20.8 Å². The Balaban J connectivity index is 0.000000114. The molecule has 12 aromatic rings. The van der Waals surface area contributed by atoms with Gasteiger partial charge in [-0.1, -0.05) is 0 Å². The summed E-state index contributed by atoms with van der Waals surface area (Å²) in [4.78, 5) is 25.6. The summed E-state index contributed by atoms with van der Waals surface area (Å²) in [5.74, 6) is 6.51. The summed E-state index contributed by atoms with van der Waals surface area (Å²) >= 11 is 0. The van der Waals surface area contributed by atoms with E-state index in [0.29, 0.717) is 17.2 Å². The monoisotopic (exact) mass is 1100 g/mol. The van der Waals surface area contributed by atoms with E-state index in [-0.39, 0.29) is 37.6 Å². The van der Waals surface area contributed by atoms with E-state index in [4.69, 9.17) is 61.9 Å². The number of nitrogens with zero attached hydrogens (tertiary/aromatic N) is 3. The van der Waals surface area contributed by atoms with Crippen molar-refractivity contribution in [3.05, 3.63) is 145 Å². The Morgan fingerprint density at radius 2 is 0.650 bits per heavy atom. The summed E-state index contributed by atoms with van der Waals surface area (Å²) in [5, 5.41) is 43.4. The number of pyridine rings is 6. The first-order valence-electron chi connectivity index (χ1n) is 24.9. The maximum Gasteiger partial charge on any atom is 0.231 e. The number of fused-ring (bicyclic) bond motifs is 15. The van der Waals surface area contributed by atoms with E-state index >= 15 is 0 Å². The van der Waals surface area contributed by atoms with Crippen molar-refractivity contribution in [2.75, 3.05) is 41.7 Å². The number of phenolic OH excluding ortho intramolecular Hbond substituents is 3. The van der Waals surface area contributed by atoms with Crippen LogP contribution in [-0.4, -0.2) is 57.0 Å². The van der Waals surface area contributed by atoms with E-state index in [9.17, 15) is 15.3 Å². The minimum Gasteiger partial charge on any atom is -0.822 e. The van der Waals surface area contributed by atoms with Crippen LogP contribution in [0.4, 0.5) is 0 Å². The maximum absolute atomic E-state index is 10.6. The lowest BCUT2D eigenvalue weighted by Crippen LogP contribution is -2.25. The van der Waals surface area contributed by atoms with E-state index in [1.807, 2.05) is 112 Å². The van der Waals surface area contributed by atoms with Crippen LogP contribution in [0.3, 0.4) is 0 Å². The molecule has 0 unspecified atom stereocenters. The molecule has 20 heteroatoms. The van der Waals surface area contributed by atoms with Crippen LogP contribution in [0.15, 0.2) is 128 Å². The molecule has 404 valence electrons. The summed E-state index contributed by atoms with van der Waals surface area (Å²) in [7, 11) is -0.721. The highest BCUT2D eigenvalue weighted by molar-refractivity contribution is 7.40. The third-order valence-electron chi connectivity index (χ3n) is 14.7. The lowest BCUT2D eigenvalue weighted by Gasteiger charge is -2.36. The molecule has 0 aliphatic carbocycles. The summed E-state index contributed by atoms with van der Waals surface area (Å²) < 4.78 is 63.6. The molecule has 0 saturated heterocycles. The van der Waals surface area contributed by atoms with Crippen molar-refractivity contribution in [2.45, 2.75) is 20.8 Å². The molecule has 6 aromatic carbocycles. The minimum atomic E-state index is -5.39. The smallest absolute Gasteiger partial charge is 0.231 e. The molecular formula is C60H48N3O16P. The minimum absolute atomic E-state index is 0.165. The Labute approximate surface area is 454 Å². The van der Waals surface area contributed by atoms with E-state index in [1.165, 1.54) is 0 Å². The van der Waals surface area contributed by atoms with Gasteiger partial charge < -0.3 is 77.2 Å². The predicted octanol–water partition coefficient (Wildman–Crippen LogP) is 7.62. The summed E-state index contributed by atoms with van der Waals surface area (Å²) in [5.41, 5.74) is 5.98. The zero-order valence-corrected chi connectivity index (χ0v) is 44.6. The van der Waals surface area contributed by atoms with Gasteiger partial charge in [0, 0.05) is 57.2 Å². The van der Waals surface area contributed by atoms with Crippen LogP contribution in [-0.2, 0) is 4.57 Å². The maximum atomic E-state index is 10.6. The Bertz CT molecular complexity index is 4190. The van der Waals surface area contributed by atoms with Gasteiger partial charge in [-0.25, -0.2) is 0 Å². The summed E-state index contributed by atoms with van der Waals surface area (Å²) in [6, 6.07) is 35.7. The van der Waals surface area contributed by atoms with Crippen LogP contribution in [0.25, 0.3) is 81.2 Å². The SMILES string of the molecule is COc1ccc2cc3c4cc5c(cc4cc[n+]3c(C)c2c1O)OCO5.COc1ccc2cc3c4cc5c(cc4cc[n+]3c(C)c2c1O)OCO5.COc1ccc2cc3c4cc5c(cc4cc[n+]3c(C)c2c1O)OCO5.O=P([O-])([O-])[O-]. The normalized spacial score (nSPS) is 13.0. The lowest BCUT2D eigenvalue weighted by atomic mass is 10.0. The molecule has 0 amide bonds. The van der Waals surface area contributed by atoms with Crippen LogP contribution in [0.5, 0.6) is 69.0 Å². The number of hydrogen-bond donors (Lipinski definition) is 3. The topological polar surface area (TPSA) is 242 Å². The first-order valence-corrected chi connectivity index (χ1v) is 26.3. The molecular weight excluding hydrogens is 1050 g/mol. The molecule has 3 N–H and O–H groups in total. The Hall–Kier alpha value is -9.52. The lowest BCUT2D eigenvalue weighted by molar-refractivity contribution is -0.517. The second kappa shape index (κ2) is 19.7. The van der Waals surface area contributed by atoms with Crippen LogP contribution in [0.2, 0.25) is 0 Å². The van der Waals surface area contributed by atoms with Crippen molar-refractivity contribution in [3.8, 4) is 69.0 Å². The molecule has 0 atom stereocenters. The van der Waals surface area contributed by atoms with E-state index in [0.717, 1.165) is 133 Å². The molecule has 15 rings (SSSR count). The number of methoxy groups -OCH3 is 3. The molecule has 9 heterocycles. The summed E-state index contributed by atoms with van der Waals surface area (Å²) in [6.45, 7) is 6.75. The van der Waals surface area contributed by atoms with Crippen LogP contribution in [0.1, 0.15) is 17.1 Å². The number of benzene rings is 6. The second-order valence-corrected chi connectivity index (χ2v) is 19.9. The first-order chi connectivity index (χ1) is 38.5. The van der Waals surface area contributed by atoms with E-state index in [1.54, 1.807) is 39.5 Å². The molecule has 3 aliphatic rings. The molecule has 0 fully saturated rings. The van der Waals surface area contributed by atoms with Gasteiger partial charge in [0.1, 0.15) is 0 Å². The highest BCUT2D eigenvalue weighted by Crippen LogP contribution is 2.43. The average Bonchev–Trinajstić information content (AvgIpc) is 4.26. The number of hydrogen-bond acceptors (Lipinski definition) is 16. The van der Waals surface area contributed by atoms with Crippen molar-refractivity contribution in [1.82, 2.24) is 0 Å². The van der Waals surface area contributed by atoms with Crippen molar-refractivity contribution in [3.63, 3.8) is 0 Å². The number of aryl methyl sites for hydroxylation is 3. The fourth-order valence-corrected chi connectivity index (χ4v) is 10.9. The van der Waals surface area contributed by atoms with Crippen molar-refractivity contribution >= 4 is 89.0 Å². The predicted molar refractivity (Wildman–Crippen MR) is 289 cm³/mol. The van der Waals surface area contributed by atoms with Gasteiger partial charge in [-0.2, -0.15) is 21.0 Å². The van der Waals surface area contributed by atoms with Gasteiger partial charge >= 0.3 is 0 Å². The quantitative estimate of drug-likeness (QED) is 0.0667. The Morgan fingerprint density at radius 1 is 0.400 bits per heavy atom. The fraction of sp³-hybridized carbons (Fsp3) is 0.150.